The normalized spacial score (nSPS) is 33.8. The predicted octanol–water partition coefficient (Wildman–Crippen LogP) is 3.25. The van der Waals surface area contributed by atoms with Crippen molar-refractivity contribution in [2.45, 2.75) is 56.2 Å². The SMILES string of the molecule is OC1CCCCC1C1CCCN1CCSC(F)(F)F. The molecule has 0 amide bonds. The van der Waals surface area contributed by atoms with Crippen molar-refractivity contribution in [1.29, 1.82) is 0 Å². The summed E-state index contributed by atoms with van der Waals surface area (Å²) in [7, 11) is 0. The average Bonchev–Trinajstić information content (AvgIpc) is 2.76. The number of rotatable bonds is 4. The Kier molecular flexibility index (Phi) is 5.43. The van der Waals surface area contributed by atoms with E-state index < -0.39 is 5.51 Å². The van der Waals surface area contributed by atoms with Crippen LogP contribution in [0.1, 0.15) is 38.5 Å². The molecule has 1 saturated carbocycles. The Hall–Kier alpha value is 0.0600. The van der Waals surface area contributed by atoms with E-state index in [1.807, 2.05) is 0 Å². The first kappa shape index (κ1) is 15.4. The second-order valence-corrected chi connectivity index (χ2v) is 6.72. The van der Waals surface area contributed by atoms with E-state index >= 15 is 0 Å². The minimum atomic E-state index is -4.13. The fourth-order valence-corrected chi connectivity index (χ4v) is 4.04. The zero-order valence-electron chi connectivity index (χ0n) is 11.0. The van der Waals surface area contributed by atoms with Crippen molar-refractivity contribution in [3.8, 4) is 0 Å². The molecule has 2 aliphatic rings. The monoisotopic (exact) mass is 297 g/mol. The molecule has 2 rings (SSSR count). The molecule has 3 atom stereocenters. The molecule has 0 bridgehead atoms. The third kappa shape index (κ3) is 4.53. The summed E-state index contributed by atoms with van der Waals surface area (Å²) in [4.78, 5) is 2.16. The minimum absolute atomic E-state index is 0.0657. The van der Waals surface area contributed by atoms with Crippen molar-refractivity contribution in [1.82, 2.24) is 4.90 Å². The van der Waals surface area contributed by atoms with Gasteiger partial charge in [-0.25, -0.2) is 0 Å². The number of alkyl halides is 3. The fraction of sp³-hybridized carbons (Fsp3) is 1.00. The zero-order chi connectivity index (χ0) is 13.9. The van der Waals surface area contributed by atoms with Crippen LogP contribution in [0.2, 0.25) is 0 Å². The Morgan fingerprint density at radius 1 is 1.11 bits per heavy atom. The maximum Gasteiger partial charge on any atom is 0.441 e. The average molecular weight is 297 g/mol. The van der Waals surface area contributed by atoms with Gasteiger partial charge in [0, 0.05) is 24.3 Å². The lowest BCUT2D eigenvalue weighted by Gasteiger charge is -2.37. The quantitative estimate of drug-likeness (QED) is 0.861. The highest BCUT2D eigenvalue weighted by Crippen LogP contribution is 2.35. The van der Waals surface area contributed by atoms with E-state index in [-0.39, 0.29) is 29.5 Å². The van der Waals surface area contributed by atoms with Crippen LogP contribution in [0.15, 0.2) is 0 Å². The molecule has 1 saturated heterocycles. The molecule has 6 heteroatoms. The van der Waals surface area contributed by atoms with Crippen molar-refractivity contribution in [3.05, 3.63) is 0 Å². The summed E-state index contributed by atoms with van der Waals surface area (Å²) in [5, 5.41) is 10.1. The maximum absolute atomic E-state index is 12.1. The summed E-state index contributed by atoms with van der Waals surface area (Å²) in [5.41, 5.74) is -4.13. The van der Waals surface area contributed by atoms with Crippen molar-refractivity contribution in [2.24, 2.45) is 5.92 Å². The molecule has 0 radical (unpaired) electrons. The van der Waals surface area contributed by atoms with Gasteiger partial charge in [0.15, 0.2) is 0 Å². The van der Waals surface area contributed by atoms with E-state index in [4.69, 9.17) is 0 Å². The summed E-state index contributed by atoms with van der Waals surface area (Å²) in [5.74, 6) is 0.371. The molecule has 1 heterocycles. The van der Waals surface area contributed by atoms with Gasteiger partial charge in [0.2, 0.25) is 0 Å². The van der Waals surface area contributed by atoms with Crippen LogP contribution in [0.5, 0.6) is 0 Å². The van der Waals surface area contributed by atoms with Crippen LogP contribution in [0.4, 0.5) is 13.2 Å². The lowest BCUT2D eigenvalue weighted by molar-refractivity contribution is -0.0330. The van der Waals surface area contributed by atoms with Gasteiger partial charge in [-0.3, -0.25) is 4.90 Å². The maximum atomic E-state index is 12.1. The summed E-state index contributed by atoms with van der Waals surface area (Å²) < 4.78 is 36.4. The number of halogens is 3. The Bertz CT molecular complexity index is 288. The van der Waals surface area contributed by atoms with E-state index in [1.165, 1.54) is 0 Å². The molecular weight excluding hydrogens is 275 g/mol. The molecule has 1 aliphatic carbocycles. The van der Waals surface area contributed by atoms with Crippen LogP contribution in [0.25, 0.3) is 0 Å². The number of aliphatic hydroxyl groups is 1. The number of hydrogen-bond acceptors (Lipinski definition) is 3. The third-order valence-electron chi connectivity index (χ3n) is 4.33. The topological polar surface area (TPSA) is 23.5 Å². The zero-order valence-corrected chi connectivity index (χ0v) is 11.8. The first-order valence-corrected chi connectivity index (χ1v) is 8.09. The van der Waals surface area contributed by atoms with E-state index in [0.717, 1.165) is 45.1 Å². The Labute approximate surface area is 116 Å². The largest absolute Gasteiger partial charge is 0.441 e. The van der Waals surface area contributed by atoms with Gasteiger partial charge in [-0.1, -0.05) is 12.8 Å². The van der Waals surface area contributed by atoms with Gasteiger partial charge in [-0.2, -0.15) is 13.2 Å². The first-order valence-electron chi connectivity index (χ1n) is 7.10. The Morgan fingerprint density at radius 2 is 1.84 bits per heavy atom. The predicted molar refractivity (Wildman–Crippen MR) is 71.1 cm³/mol. The molecule has 112 valence electrons. The molecule has 1 N–H and O–H groups in total. The minimum Gasteiger partial charge on any atom is -0.393 e. The second-order valence-electron chi connectivity index (χ2n) is 5.56. The second kappa shape index (κ2) is 6.68. The molecular formula is C13H22F3NOS. The Balaban J connectivity index is 1.82. The molecule has 1 aliphatic heterocycles. The highest BCUT2D eigenvalue weighted by atomic mass is 32.2. The summed E-state index contributed by atoms with van der Waals surface area (Å²) in [6.07, 6.45) is 5.91. The molecule has 19 heavy (non-hydrogen) atoms. The van der Waals surface area contributed by atoms with Crippen molar-refractivity contribution >= 4 is 11.8 Å². The standard InChI is InChI=1S/C13H22F3NOS/c14-13(15,16)19-9-8-17-7-3-5-11(17)10-4-1-2-6-12(10)18/h10-12,18H,1-9H2. The van der Waals surface area contributed by atoms with Crippen LogP contribution in [0, 0.1) is 5.92 Å². The summed E-state index contributed by atoms with van der Waals surface area (Å²) in [6, 6.07) is 0.295. The van der Waals surface area contributed by atoms with Crippen LogP contribution < -0.4 is 0 Å². The van der Waals surface area contributed by atoms with E-state index in [0.29, 0.717) is 12.6 Å². The molecule has 2 nitrogen and oxygen atoms in total. The van der Waals surface area contributed by atoms with Gasteiger partial charge < -0.3 is 5.11 Å². The molecule has 0 aromatic rings. The number of likely N-dealkylation sites (tertiary alicyclic amines) is 1. The van der Waals surface area contributed by atoms with E-state index in [2.05, 4.69) is 4.90 Å². The molecule has 2 fully saturated rings. The number of hydrogen-bond donors (Lipinski definition) is 1. The van der Waals surface area contributed by atoms with Gasteiger partial charge in [-0.15, -0.1) is 0 Å². The number of nitrogens with zero attached hydrogens (tertiary/aromatic N) is 1. The first-order chi connectivity index (χ1) is 8.97. The molecule has 0 aromatic carbocycles. The van der Waals surface area contributed by atoms with Crippen molar-refractivity contribution < 1.29 is 18.3 Å². The summed E-state index contributed by atoms with van der Waals surface area (Å²) in [6.45, 7) is 1.37. The van der Waals surface area contributed by atoms with Gasteiger partial charge in [0.1, 0.15) is 0 Å². The van der Waals surface area contributed by atoms with E-state index in [1.54, 1.807) is 0 Å². The van der Waals surface area contributed by atoms with Crippen LogP contribution >= 0.6 is 11.8 Å². The number of thioether (sulfide) groups is 1. The lowest BCUT2D eigenvalue weighted by Crippen LogP contribution is -2.43. The van der Waals surface area contributed by atoms with Crippen LogP contribution in [-0.4, -0.2) is 46.5 Å². The van der Waals surface area contributed by atoms with Crippen LogP contribution in [-0.2, 0) is 0 Å². The highest BCUT2D eigenvalue weighted by molar-refractivity contribution is 8.00. The van der Waals surface area contributed by atoms with Crippen molar-refractivity contribution in [2.75, 3.05) is 18.8 Å². The van der Waals surface area contributed by atoms with E-state index in [9.17, 15) is 18.3 Å². The van der Waals surface area contributed by atoms with Crippen molar-refractivity contribution in [3.63, 3.8) is 0 Å². The molecule has 0 spiro atoms. The fourth-order valence-electron chi connectivity index (χ4n) is 3.48. The van der Waals surface area contributed by atoms with Crippen LogP contribution in [0.3, 0.4) is 0 Å². The molecule has 3 unspecified atom stereocenters. The van der Waals surface area contributed by atoms with Gasteiger partial charge in [-0.05, 0) is 44.0 Å². The van der Waals surface area contributed by atoms with Gasteiger partial charge in [0.05, 0.1) is 6.10 Å². The third-order valence-corrected chi connectivity index (χ3v) is 5.05. The lowest BCUT2D eigenvalue weighted by atomic mass is 9.80. The van der Waals surface area contributed by atoms with Gasteiger partial charge in [0.25, 0.3) is 0 Å². The highest BCUT2D eigenvalue weighted by Gasteiger charge is 2.37. The summed E-state index contributed by atoms with van der Waals surface area (Å²) >= 11 is 0.0657. The number of aliphatic hydroxyl groups excluding tert-OH is 1. The molecule has 0 aromatic heterocycles. The Morgan fingerprint density at radius 3 is 2.53 bits per heavy atom. The smallest absolute Gasteiger partial charge is 0.393 e. The van der Waals surface area contributed by atoms with Gasteiger partial charge >= 0.3 is 5.51 Å².